The third kappa shape index (κ3) is 4.96. The van der Waals surface area contributed by atoms with Gasteiger partial charge in [-0.05, 0) is 60.8 Å². The van der Waals surface area contributed by atoms with E-state index in [0.29, 0.717) is 25.9 Å². The maximum Gasteiger partial charge on any atom is 0.338 e. The molecule has 6 bridgehead atoms. The highest BCUT2D eigenvalue weighted by atomic mass is 16.6. The number of aromatic nitrogens is 2. The number of hydrogen-bond acceptors (Lipinski definition) is 13. The van der Waals surface area contributed by atoms with Gasteiger partial charge in [0.05, 0.1) is 71.3 Å². The van der Waals surface area contributed by atoms with E-state index in [1.165, 1.54) is 24.0 Å². The predicted molar refractivity (Wildman–Crippen MR) is 251 cm³/mol. The fourth-order valence-electron chi connectivity index (χ4n) is 16.5. The summed E-state index contributed by atoms with van der Waals surface area (Å²) in [7, 11) is 2.60. The Hall–Kier alpha value is -7.00. The molecule has 0 radical (unpaired) electrons. The van der Waals surface area contributed by atoms with Crippen LogP contribution in [0.5, 0.6) is 0 Å². The number of nitrogens with one attached hydrogen (secondary N) is 2. The van der Waals surface area contributed by atoms with Gasteiger partial charge in [-0.15, -0.1) is 0 Å². The molecule has 15 nitrogen and oxygen atoms in total. The largest absolute Gasteiger partial charge is 0.467 e. The van der Waals surface area contributed by atoms with Crippen molar-refractivity contribution in [3.63, 3.8) is 0 Å². The predicted octanol–water partition coefficient (Wildman–Crippen LogP) is 5.45. The van der Waals surface area contributed by atoms with Gasteiger partial charge in [0, 0.05) is 71.4 Å². The molecule has 8 fully saturated rings. The topological polar surface area (TPSA) is 186 Å². The number of hydrogen-bond donors (Lipinski definition) is 2. The van der Waals surface area contributed by atoms with E-state index in [2.05, 4.69) is 10.6 Å². The number of pyridine rings is 2. The van der Waals surface area contributed by atoms with Crippen molar-refractivity contribution in [3.05, 3.63) is 97.1 Å². The van der Waals surface area contributed by atoms with E-state index < -0.39 is 94.2 Å². The van der Waals surface area contributed by atoms with Gasteiger partial charge in [0.1, 0.15) is 0 Å². The van der Waals surface area contributed by atoms with Crippen LogP contribution in [0, 0.1) is 71.0 Å². The minimum atomic E-state index is -1.68. The Labute approximate surface area is 395 Å². The van der Waals surface area contributed by atoms with Gasteiger partial charge >= 0.3 is 11.9 Å². The summed E-state index contributed by atoms with van der Waals surface area (Å²) in [5, 5.41) is 10.8. The van der Waals surface area contributed by atoms with E-state index in [-0.39, 0.29) is 36.7 Å². The number of likely N-dealkylation sites (tertiary alicyclic amines) is 2. The first-order valence-corrected chi connectivity index (χ1v) is 24.2. The summed E-state index contributed by atoms with van der Waals surface area (Å²) < 4.78 is 18.4. The van der Waals surface area contributed by atoms with Crippen LogP contribution in [0.3, 0.4) is 0 Å². The molecule has 6 aromatic rings. The van der Waals surface area contributed by atoms with Crippen LogP contribution >= 0.6 is 0 Å². The molecule has 4 saturated heterocycles. The van der Waals surface area contributed by atoms with E-state index in [1.54, 1.807) is 0 Å². The second-order valence-corrected chi connectivity index (χ2v) is 20.6. The molecular weight excluding hydrogens is 877 g/mol. The number of carbonyl (C=O) groups is 6. The van der Waals surface area contributed by atoms with Crippen molar-refractivity contribution < 1.29 is 43.0 Å². The molecule has 2 aromatic heterocycles. The van der Waals surface area contributed by atoms with Gasteiger partial charge in [-0.25, -0.2) is 19.6 Å². The number of fused-ring (bicyclic) bond motifs is 26. The van der Waals surface area contributed by atoms with E-state index >= 15 is 0 Å². The zero-order valence-electron chi connectivity index (χ0n) is 37.9. The van der Waals surface area contributed by atoms with Crippen LogP contribution in [-0.2, 0) is 43.0 Å². The highest BCUT2D eigenvalue weighted by Crippen LogP contribution is 2.83. The molecular formula is C54H48N6O9. The lowest BCUT2D eigenvalue weighted by atomic mass is 9.47. The van der Waals surface area contributed by atoms with Crippen molar-refractivity contribution >= 4 is 90.6 Å². The minimum absolute atomic E-state index is 0.121. The molecule has 14 atom stereocenters. The van der Waals surface area contributed by atoms with Gasteiger partial charge in [0.25, 0.3) is 0 Å². The molecule has 2 unspecified atom stereocenters. The van der Waals surface area contributed by atoms with Crippen LogP contribution in [0.15, 0.2) is 97.1 Å². The van der Waals surface area contributed by atoms with Crippen molar-refractivity contribution in [2.75, 3.05) is 51.0 Å². The van der Waals surface area contributed by atoms with Crippen LogP contribution in [0.2, 0.25) is 0 Å². The molecule has 4 aliphatic heterocycles. The first-order chi connectivity index (χ1) is 33.6. The molecule has 15 heteroatoms. The summed E-state index contributed by atoms with van der Waals surface area (Å²) >= 11 is 0. The molecule has 2 N–H and O–H groups in total. The van der Waals surface area contributed by atoms with E-state index in [1.807, 2.05) is 97.1 Å². The van der Waals surface area contributed by atoms with Crippen molar-refractivity contribution in [1.82, 2.24) is 19.8 Å². The number of carbonyl (C=O) groups excluding carboxylic acids is 6. The molecule has 14 rings (SSSR count). The van der Waals surface area contributed by atoms with Crippen LogP contribution < -0.4 is 10.6 Å². The number of methoxy groups -OCH3 is 2. The van der Waals surface area contributed by atoms with Crippen molar-refractivity contribution in [2.24, 2.45) is 71.0 Å². The van der Waals surface area contributed by atoms with Gasteiger partial charge in [-0.2, -0.15) is 0 Å². The third-order valence-electron chi connectivity index (χ3n) is 18.3. The van der Waals surface area contributed by atoms with Gasteiger partial charge in [-0.3, -0.25) is 29.0 Å². The second kappa shape index (κ2) is 14.3. The molecule has 348 valence electrons. The number of ether oxygens (including phenoxy) is 3. The summed E-state index contributed by atoms with van der Waals surface area (Å²) in [6.07, 6.45) is 0.929. The maximum absolute atomic E-state index is 14.8. The Kier molecular flexibility index (Phi) is 8.49. The van der Waals surface area contributed by atoms with E-state index in [0.717, 1.165) is 55.0 Å². The summed E-state index contributed by atoms with van der Waals surface area (Å²) in [5.74, 6) is -9.65. The first-order valence-electron chi connectivity index (χ1n) is 24.2. The molecule has 0 spiro atoms. The smallest absolute Gasteiger partial charge is 0.338 e. The third-order valence-corrected chi connectivity index (χ3v) is 18.3. The van der Waals surface area contributed by atoms with E-state index in [4.69, 9.17) is 24.2 Å². The number of amides is 4. The van der Waals surface area contributed by atoms with Crippen molar-refractivity contribution in [2.45, 2.75) is 24.0 Å². The summed E-state index contributed by atoms with van der Waals surface area (Å²) in [4.78, 5) is 101. The van der Waals surface area contributed by atoms with Gasteiger partial charge in [0.15, 0.2) is 11.2 Å². The normalized spacial score (nSPS) is 35.2. The number of benzene rings is 4. The Morgan fingerprint density at radius 3 is 1.10 bits per heavy atom. The average molecular weight is 925 g/mol. The second-order valence-electron chi connectivity index (χ2n) is 20.6. The quantitative estimate of drug-likeness (QED) is 0.101. The lowest BCUT2D eigenvalue weighted by Crippen LogP contribution is -2.64. The molecule has 69 heavy (non-hydrogen) atoms. The van der Waals surface area contributed by atoms with Crippen molar-refractivity contribution in [3.8, 4) is 0 Å². The number of imide groups is 2. The SMILES string of the molecule is COC(=O)C12OC(C(=O)OC)([C@@H]3[C@@H]4C[C@@H]([C@@H]5C(=O)N(CCNc6c7ccccc7nc7ccccc67)C(=O)[C@H]45)[C@@H]31)[C@H]1[C@H]3C[C@H]([C@H]4C(=O)N(CCNc5c6ccccc6nc6ccccc56)C(=O)[C@@H]34)[C@H]12. The zero-order valence-corrected chi connectivity index (χ0v) is 37.9. The fraction of sp³-hybridized carbons (Fsp3) is 0.407. The molecule has 4 aromatic carbocycles. The van der Waals surface area contributed by atoms with Crippen LogP contribution in [0.25, 0.3) is 43.6 Å². The molecule has 8 aliphatic rings. The maximum atomic E-state index is 14.8. The molecule has 6 heterocycles. The van der Waals surface area contributed by atoms with E-state index in [9.17, 15) is 28.8 Å². The lowest BCUT2D eigenvalue weighted by Gasteiger charge is -2.51. The Bertz CT molecular complexity index is 2930. The number of esters is 2. The number of nitrogens with zero attached hydrogens (tertiary/aromatic N) is 4. The van der Waals surface area contributed by atoms with Crippen LogP contribution in [0.1, 0.15) is 12.8 Å². The molecule has 4 amide bonds. The minimum Gasteiger partial charge on any atom is -0.467 e. The van der Waals surface area contributed by atoms with Crippen LogP contribution in [0.4, 0.5) is 11.4 Å². The van der Waals surface area contributed by atoms with Gasteiger partial charge in [-0.1, -0.05) is 72.8 Å². The number of anilines is 2. The number of rotatable bonds is 10. The summed E-state index contributed by atoms with van der Waals surface area (Å²) in [6, 6.07) is 31.4. The molecule has 4 saturated carbocycles. The number of para-hydroxylation sites is 4. The first kappa shape index (κ1) is 41.0. The average Bonchev–Trinajstić information content (AvgIpc) is 4.27. The van der Waals surface area contributed by atoms with Crippen molar-refractivity contribution in [1.29, 1.82) is 0 Å². The molecule has 4 aliphatic carbocycles. The van der Waals surface area contributed by atoms with Gasteiger partial charge in [0.2, 0.25) is 23.6 Å². The Balaban J connectivity index is 0.763. The highest BCUT2D eigenvalue weighted by Gasteiger charge is 2.93. The Morgan fingerprint density at radius 2 is 0.812 bits per heavy atom. The standard InChI is InChI=1S/C54H48N6O9/c1-67-51(65)53-41-29-23-31(39-37(29)47(61)59(49(39)63)21-19-55-45-25-11-3-7-15-33(25)57-34-16-8-4-12-26(34)45)43(41)54(69-53,52(66)68-2)44-32-24-30(42(44)53)38-40(32)50(64)60(48(38)62)22-20-56-46-27-13-5-9-17-35(27)58-36-18-10-6-14-28(36)46/h3-18,29-32,37-44H,19-24H2,1-2H3,(H,55,57)(H,56,58)/t29-,30+,31+,32-,37-,38+,39+,40-,41-,42+,43+,44-,53?,54?. The fourth-order valence-corrected chi connectivity index (χ4v) is 16.5. The van der Waals surface area contributed by atoms with Gasteiger partial charge < -0.3 is 24.8 Å². The zero-order chi connectivity index (χ0) is 46.8. The Morgan fingerprint density at radius 1 is 0.522 bits per heavy atom. The lowest BCUT2D eigenvalue weighted by molar-refractivity contribution is -0.188. The summed E-state index contributed by atoms with van der Waals surface area (Å²) in [5.41, 5.74) is 1.67. The van der Waals surface area contributed by atoms with Crippen LogP contribution in [-0.4, -0.2) is 107 Å². The summed E-state index contributed by atoms with van der Waals surface area (Å²) in [6.45, 7) is 0.828. The monoisotopic (exact) mass is 924 g/mol. The highest BCUT2D eigenvalue weighted by molar-refractivity contribution is 6.10.